The minimum absolute atomic E-state index is 0.441. The van der Waals surface area contributed by atoms with Crippen LogP contribution in [0.4, 0.5) is 0 Å². The van der Waals surface area contributed by atoms with Crippen LogP contribution in [0.25, 0.3) is 0 Å². The molecule has 2 saturated carbocycles. The van der Waals surface area contributed by atoms with E-state index in [4.69, 9.17) is 9.73 Å². The number of hydrogen-bond donors (Lipinski definition) is 0. The molecule has 0 bridgehead atoms. The third-order valence-electron chi connectivity index (χ3n) is 4.92. The summed E-state index contributed by atoms with van der Waals surface area (Å²) >= 11 is 0. The normalized spacial score (nSPS) is 37.2. The molecule has 0 aromatic rings. The molecular weight excluding hydrogens is 222 g/mol. The van der Waals surface area contributed by atoms with Crippen molar-refractivity contribution in [1.29, 1.82) is 0 Å². The Hall–Kier alpha value is -0.630. The maximum atomic E-state index is 5.86. The first-order chi connectivity index (χ1) is 8.74. The van der Waals surface area contributed by atoms with Gasteiger partial charge in [0.05, 0.1) is 18.8 Å². The highest BCUT2D eigenvalue weighted by Crippen LogP contribution is 2.36. The molecule has 2 aliphatic carbocycles. The Bertz CT molecular complexity index is 375. The minimum atomic E-state index is 0.441. The van der Waals surface area contributed by atoms with Crippen molar-refractivity contribution in [3.05, 3.63) is 11.1 Å². The van der Waals surface area contributed by atoms with Crippen molar-refractivity contribution in [2.24, 2.45) is 10.9 Å². The van der Waals surface area contributed by atoms with E-state index < -0.39 is 0 Å². The molecule has 2 nitrogen and oxygen atoms in total. The van der Waals surface area contributed by atoms with Crippen molar-refractivity contribution in [1.82, 2.24) is 0 Å². The van der Waals surface area contributed by atoms with E-state index in [-0.39, 0.29) is 0 Å². The third-order valence-corrected chi connectivity index (χ3v) is 4.92. The summed E-state index contributed by atoms with van der Waals surface area (Å²) in [6, 6.07) is 0.578. The molecule has 0 radical (unpaired) electrons. The number of ether oxygens (including phenoxy) is 1. The molecule has 0 N–H and O–H groups in total. The largest absolute Gasteiger partial charge is 0.369 e. The first kappa shape index (κ1) is 12.4. The minimum Gasteiger partial charge on any atom is -0.369 e. The van der Waals surface area contributed by atoms with Crippen LogP contribution in [0.3, 0.4) is 0 Å². The second-order valence-corrected chi connectivity index (χ2v) is 6.32. The van der Waals surface area contributed by atoms with Gasteiger partial charge in [-0.15, -0.1) is 0 Å². The van der Waals surface area contributed by atoms with Gasteiger partial charge in [0.15, 0.2) is 0 Å². The summed E-state index contributed by atoms with van der Waals surface area (Å²) < 4.78 is 5.86. The van der Waals surface area contributed by atoms with Crippen LogP contribution in [0.5, 0.6) is 0 Å². The Morgan fingerprint density at radius 2 is 1.94 bits per heavy atom. The molecule has 18 heavy (non-hydrogen) atoms. The summed E-state index contributed by atoms with van der Waals surface area (Å²) in [6.07, 6.45) is 9.49. The average molecular weight is 247 g/mol. The standard InChI is InChI=1S/C16H25NO/c1-11-6-8-13(9-7-11)17-12(2)15-10-18-16-5-3-4-14(15)16/h11,13,16H,3-10H2,1-2H3. The fraction of sp³-hybridized carbons (Fsp3) is 0.812. The Morgan fingerprint density at radius 1 is 1.17 bits per heavy atom. The monoisotopic (exact) mass is 247 g/mol. The topological polar surface area (TPSA) is 21.6 Å². The van der Waals surface area contributed by atoms with Crippen LogP contribution in [-0.2, 0) is 4.74 Å². The Labute approximate surface area is 111 Å². The van der Waals surface area contributed by atoms with Crippen LogP contribution in [-0.4, -0.2) is 24.5 Å². The summed E-state index contributed by atoms with van der Waals surface area (Å²) in [5, 5.41) is 0. The van der Waals surface area contributed by atoms with Gasteiger partial charge in [-0.2, -0.15) is 0 Å². The van der Waals surface area contributed by atoms with E-state index in [0.29, 0.717) is 12.1 Å². The highest BCUT2D eigenvalue weighted by atomic mass is 16.5. The van der Waals surface area contributed by atoms with Gasteiger partial charge in [0.2, 0.25) is 0 Å². The van der Waals surface area contributed by atoms with Crippen LogP contribution < -0.4 is 0 Å². The van der Waals surface area contributed by atoms with Crippen LogP contribution in [0.1, 0.15) is 58.8 Å². The summed E-state index contributed by atoms with van der Waals surface area (Å²) in [6.45, 7) is 5.38. The second kappa shape index (κ2) is 5.16. The lowest BCUT2D eigenvalue weighted by atomic mass is 9.87. The zero-order chi connectivity index (χ0) is 12.5. The highest BCUT2D eigenvalue weighted by molar-refractivity contribution is 6.00. The fourth-order valence-corrected chi connectivity index (χ4v) is 3.68. The van der Waals surface area contributed by atoms with Gasteiger partial charge in [0.1, 0.15) is 0 Å². The smallest absolute Gasteiger partial charge is 0.0796 e. The molecule has 3 rings (SSSR count). The lowest BCUT2D eigenvalue weighted by molar-refractivity contribution is 0.124. The number of hydrogen-bond acceptors (Lipinski definition) is 2. The first-order valence-electron chi connectivity index (χ1n) is 7.62. The molecule has 3 aliphatic rings. The first-order valence-corrected chi connectivity index (χ1v) is 7.62. The summed E-state index contributed by atoms with van der Waals surface area (Å²) in [4.78, 5) is 4.99. The Balaban J connectivity index is 1.70. The van der Waals surface area contributed by atoms with E-state index in [1.165, 1.54) is 56.2 Å². The fourth-order valence-electron chi connectivity index (χ4n) is 3.68. The van der Waals surface area contributed by atoms with Crippen molar-refractivity contribution in [2.45, 2.75) is 70.9 Å². The molecule has 0 aromatic carbocycles. The summed E-state index contributed by atoms with van der Waals surface area (Å²) in [5.74, 6) is 0.910. The van der Waals surface area contributed by atoms with Crippen molar-refractivity contribution >= 4 is 5.71 Å². The van der Waals surface area contributed by atoms with Crippen molar-refractivity contribution in [2.75, 3.05) is 6.61 Å². The molecule has 0 spiro atoms. The van der Waals surface area contributed by atoms with Crippen LogP contribution in [0.2, 0.25) is 0 Å². The van der Waals surface area contributed by atoms with Gasteiger partial charge < -0.3 is 4.74 Å². The van der Waals surface area contributed by atoms with E-state index in [1.807, 2.05) is 0 Å². The van der Waals surface area contributed by atoms with Crippen LogP contribution in [0, 0.1) is 5.92 Å². The van der Waals surface area contributed by atoms with Crippen LogP contribution >= 0.6 is 0 Å². The van der Waals surface area contributed by atoms with Gasteiger partial charge in [-0.1, -0.05) is 6.92 Å². The molecule has 0 saturated heterocycles. The Morgan fingerprint density at radius 3 is 2.72 bits per heavy atom. The molecule has 1 heterocycles. The molecule has 100 valence electrons. The molecule has 0 amide bonds. The molecule has 0 aromatic heterocycles. The second-order valence-electron chi connectivity index (χ2n) is 6.32. The highest BCUT2D eigenvalue weighted by Gasteiger charge is 2.31. The number of rotatable bonds is 2. The van der Waals surface area contributed by atoms with Gasteiger partial charge in [-0.25, -0.2) is 0 Å². The summed E-state index contributed by atoms with van der Waals surface area (Å²) in [7, 11) is 0. The SMILES string of the molecule is CC(=NC1CCC(C)CC1)C1=C2CCCC2OC1. The zero-order valence-electron chi connectivity index (χ0n) is 11.7. The van der Waals surface area contributed by atoms with Gasteiger partial charge >= 0.3 is 0 Å². The van der Waals surface area contributed by atoms with Crippen molar-refractivity contribution in [3.8, 4) is 0 Å². The number of fused-ring (bicyclic) bond motifs is 1. The third kappa shape index (κ3) is 2.40. The van der Waals surface area contributed by atoms with Gasteiger partial charge in [0, 0.05) is 11.3 Å². The quantitative estimate of drug-likeness (QED) is 0.678. The van der Waals surface area contributed by atoms with E-state index >= 15 is 0 Å². The molecule has 1 unspecified atom stereocenters. The lowest BCUT2D eigenvalue weighted by Gasteiger charge is -2.24. The molecule has 1 aliphatic heterocycles. The van der Waals surface area contributed by atoms with Gasteiger partial charge in [-0.05, 0) is 63.4 Å². The zero-order valence-corrected chi connectivity index (χ0v) is 11.7. The molecule has 1 atom stereocenters. The van der Waals surface area contributed by atoms with Gasteiger partial charge in [-0.3, -0.25) is 4.99 Å². The maximum absolute atomic E-state index is 5.86. The molecule has 2 heteroatoms. The lowest BCUT2D eigenvalue weighted by Crippen LogP contribution is -2.17. The van der Waals surface area contributed by atoms with E-state index in [1.54, 1.807) is 5.57 Å². The predicted octanol–water partition coefficient (Wildman–Crippen LogP) is 3.91. The van der Waals surface area contributed by atoms with Crippen molar-refractivity contribution in [3.63, 3.8) is 0 Å². The summed E-state index contributed by atoms with van der Waals surface area (Å²) in [5.41, 5.74) is 4.28. The maximum Gasteiger partial charge on any atom is 0.0796 e. The van der Waals surface area contributed by atoms with E-state index in [0.717, 1.165) is 12.5 Å². The van der Waals surface area contributed by atoms with E-state index in [9.17, 15) is 0 Å². The van der Waals surface area contributed by atoms with Crippen LogP contribution in [0.15, 0.2) is 16.1 Å². The van der Waals surface area contributed by atoms with Gasteiger partial charge in [0.25, 0.3) is 0 Å². The predicted molar refractivity (Wildman–Crippen MR) is 75.1 cm³/mol. The molecular formula is C16H25NO. The van der Waals surface area contributed by atoms with E-state index in [2.05, 4.69) is 13.8 Å². The average Bonchev–Trinajstić information content (AvgIpc) is 2.93. The number of nitrogens with zero attached hydrogens (tertiary/aromatic N) is 1. The number of aliphatic imine (C=N–C) groups is 1. The molecule has 2 fully saturated rings. The Kier molecular flexibility index (Phi) is 3.56. The van der Waals surface area contributed by atoms with Crippen molar-refractivity contribution < 1.29 is 4.74 Å².